The van der Waals surface area contributed by atoms with Crippen molar-refractivity contribution in [3.63, 3.8) is 0 Å². The van der Waals surface area contributed by atoms with E-state index in [1.807, 2.05) is 0 Å². The number of aromatic amines is 2. The summed E-state index contributed by atoms with van der Waals surface area (Å²) in [6.45, 7) is 2.88. The number of carbonyl (C=O) groups is 1. The van der Waals surface area contributed by atoms with E-state index in [4.69, 9.17) is 4.74 Å². The average Bonchev–Trinajstić information content (AvgIpc) is 2.85. The highest BCUT2D eigenvalue weighted by molar-refractivity contribution is 6.08. The lowest BCUT2D eigenvalue weighted by atomic mass is 10.1. The van der Waals surface area contributed by atoms with E-state index in [0.717, 1.165) is 12.8 Å². The standard InChI is InChI=1S/C14H17N3O3/c1-2-3-7-20-9-11-12(17-14(19)16-11)13(18)10-5-4-6-15-8-10/h4-6,8H,2-3,7,9H2,1H3,(H2,16,17,19). The van der Waals surface area contributed by atoms with Gasteiger partial charge < -0.3 is 14.7 Å². The first-order valence-electron chi connectivity index (χ1n) is 6.56. The highest BCUT2D eigenvalue weighted by Gasteiger charge is 2.17. The minimum Gasteiger partial charge on any atom is -0.375 e. The van der Waals surface area contributed by atoms with E-state index >= 15 is 0 Å². The van der Waals surface area contributed by atoms with Crippen molar-refractivity contribution in [3.8, 4) is 0 Å². The summed E-state index contributed by atoms with van der Waals surface area (Å²) in [6.07, 6.45) is 5.03. The molecule has 20 heavy (non-hydrogen) atoms. The second kappa shape index (κ2) is 6.81. The van der Waals surface area contributed by atoms with Gasteiger partial charge in [-0.1, -0.05) is 13.3 Å². The first-order chi connectivity index (χ1) is 9.72. The molecule has 0 saturated heterocycles. The molecule has 2 N–H and O–H groups in total. The number of ether oxygens (including phenoxy) is 1. The molecule has 0 bridgehead atoms. The Morgan fingerprint density at radius 3 is 2.95 bits per heavy atom. The van der Waals surface area contributed by atoms with Gasteiger partial charge in [-0.2, -0.15) is 0 Å². The maximum atomic E-state index is 12.3. The van der Waals surface area contributed by atoms with Gasteiger partial charge in [0.25, 0.3) is 0 Å². The van der Waals surface area contributed by atoms with Gasteiger partial charge in [0.2, 0.25) is 5.78 Å². The van der Waals surface area contributed by atoms with Gasteiger partial charge in [-0.05, 0) is 18.6 Å². The van der Waals surface area contributed by atoms with Crippen LogP contribution >= 0.6 is 0 Å². The fourth-order valence-corrected chi connectivity index (χ4v) is 1.78. The number of H-pyrrole nitrogens is 2. The van der Waals surface area contributed by atoms with Crippen molar-refractivity contribution in [2.75, 3.05) is 6.61 Å². The van der Waals surface area contributed by atoms with Crippen LogP contribution in [0.1, 0.15) is 41.5 Å². The number of imidazole rings is 1. The second-order valence-corrected chi connectivity index (χ2v) is 4.41. The quantitative estimate of drug-likeness (QED) is 0.594. The summed E-state index contributed by atoms with van der Waals surface area (Å²) in [6, 6.07) is 3.33. The average molecular weight is 275 g/mol. The molecular formula is C14H17N3O3. The molecule has 0 fully saturated rings. The summed E-state index contributed by atoms with van der Waals surface area (Å²) in [5.41, 5.74) is 0.725. The Balaban J connectivity index is 2.15. The van der Waals surface area contributed by atoms with Crippen LogP contribution in [0.15, 0.2) is 29.3 Å². The smallest absolute Gasteiger partial charge is 0.323 e. The number of unbranched alkanes of at least 4 members (excludes halogenated alkanes) is 1. The molecule has 0 aliphatic carbocycles. The van der Waals surface area contributed by atoms with E-state index in [2.05, 4.69) is 21.9 Å². The third-order valence-electron chi connectivity index (χ3n) is 2.84. The topological polar surface area (TPSA) is 87.8 Å². The minimum atomic E-state index is -0.411. The molecule has 0 atom stereocenters. The van der Waals surface area contributed by atoms with Crippen molar-refractivity contribution in [3.05, 3.63) is 52.0 Å². The zero-order valence-corrected chi connectivity index (χ0v) is 11.3. The molecule has 0 saturated carbocycles. The van der Waals surface area contributed by atoms with Crippen LogP contribution in [0.5, 0.6) is 0 Å². The lowest BCUT2D eigenvalue weighted by Gasteiger charge is -2.04. The van der Waals surface area contributed by atoms with Crippen LogP contribution in [0, 0.1) is 0 Å². The maximum absolute atomic E-state index is 12.3. The Morgan fingerprint density at radius 2 is 2.25 bits per heavy atom. The number of hydrogen-bond donors (Lipinski definition) is 2. The molecule has 2 rings (SSSR count). The summed E-state index contributed by atoms with van der Waals surface area (Å²) < 4.78 is 5.44. The first kappa shape index (κ1) is 14.2. The number of carbonyl (C=O) groups excluding carboxylic acids is 1. The third-order valence-corrected chi connectivity index (χ3v) is 2.84. The van der Waals surface area contributed by atoms with E-state index in [9.17, 15) is 9.59 Å². The fraction of sp³-hybridized carbons (Fsp3) is 0.357. The largest absolute Gasteiger partial charge is 0.375 e. The molecule has 0 amide bonds. The van der Waals surface area contributed by atoms with Gasteiger partial charge >= 0.3 is 5.69 Å². The molecular weight excluding hydrogens is 258 g/mol. The molecule has 0 radical (unpaired) electrons. The van der Waals surface area contributed by atoms with Gasteiger partial charge in [0.1, 0.15) is 5.69 Å². The molecule has 106 valence electrons. The number of ketones is 1. The highest BCUT2D eigenvalue weighted by Crippen LogP contribution is 2.10. The van der Waals surface area contributed by atoms with Gasteiger partial charge in [0, 0.05) is 24.6 Å². The fourth-order valence-electron chi connectivity index (χ4n) is 1.78. The lowest BCUT2D eigenvalue weighted by Crippen LogP contribution is -2.08. The summed E-state index contributed by atoms with van der Waals surface area (Å²) in [5.74, 6) is -0.273. The number of nitrogens with zero attached hydrogens (tertiary/aromatic N) is 1. The van der Waals surface area contributed by atoms with Crippen LogP contribution in [0.2, 0.25) is 0 Å². The lowest BCUT2D eigenvalue weighted by molar-refractivity contribution is 0.101. The SMILES string of the molecule is CCCCOCc1[nH]c(=O)[nH]c1C(=O)c1cccnc1. The van der Waals surface area contributed by atoms with Crippen molar-refractivity contribution >= 4 is 5.78 Å². The zero-order chi connectivity index (χ0) is 14.4. The van der Waals surface area contributed by atoms with Gasteiger partial charge in [-0.3, -0.25) is 9.78 Å². The molecule has 0 aliphatic rings. The molecule has 2 aromatic heterocycles. The molecule has 0 aliphatic heterocycles. The molecule has 6 nitrogen and oxygen atoms in total. The summed E-state index contributed by atoms with van der Waals surface area (Å²) in [4.78, 5) is 32.7. The number of nitrogens with one attached hydrogen (secondary N) is 2. The maximum Gasteiger partial charge on any atom is 0.323 e. The molecule has 0 unspecified atom stereocenters. The number of hydrogen-bond acceptors (Lipinski definition) is 4. The van der Waals surface area contributed by atoms with Crippen molar-refractivity contribution < 1.29 is 9.53 Å². The van der Waals surface area contributed by atoms with Gasteiger partial charge in [-0.15, -0.1) is 0 Å². The summed E-state index contributed by atoms with van der Waals surface area (Å²) in [5, 5.41) is 0. The summed E-state index contributed by atoms with van der Waals surface area (Å²) in [7, 11) is 0. The van der Waals surface area contributed by atoms with Crippen LogP contribution < -0.4 is 5.69 Å². The predicted molar refractivity (Wildman–Crippen MR) is 73.6 cm³/mol. The van der Waals surface area contributed by atoms with E-state index in [0.29, 0.717) is 17.9 Å². The number of pyridine rings is 1. The second-order valence-electron chi connectivity index (χ2n) is 4.41. The van der Waals surface area contributed by atoms with Crippen LogP contribution in [-0.4, -0.2) is 27.3 Å². The van der Waals surface area contributed by atoms with Crippen molar-refractivity contribution in [2.24, 2.45) is 0 Å². The van der Waals surface area contributed by atoms with Crippen molar-refractivity contribution in [2.45, 2.75) is 26.4 Å². The number of rotatable bonds is 7. The van der Waals surface area contributed by atoms with Crippen LogP contribution in [-0.2, 0) is 11.3 Å². The van der Waals surface area contributed by atoms with Crippen LogP contribution in [0.3, 0.4) is 0 Å². The molecule has 2 heterocycles. The van der Waals surface area contributed by atoms with E-state index < -0.39 is 5.69 Å². The summed E-state index contributed by atoms with van der Waals surface area (Å²) >= 11 is 0. The Kier molecular flexibility index (Phi) is 4.84. The monoisotopic (exact) mass is 275 g/mol. The highest BCUT2D eigenvalue weighted by atomic mass is 16.5. The Bertz CT molecular complexity index is 616. The third kappa shape index (κ3) is 3.42. The molecule has 0 aromatic carbocycles. The van der Waals surface area contributed by atoms with Crippen molar-refractivity contribution in [1.82, 2.24) is 15.0 Å². The van der Waals surface area contributed by atoms with Gasteiger partial charge in [0.05, 0.1) is 12.3 Å². The van der Waals surface area contributed by atoms with Crippen molar-refractivity contribution in [1.29, 1.82) is 0 Å². The molecule has 0 spiro atoms. The first-order valence-corrected chi connectivity index (χ1v) is 6.56. The normalized spacial score (nSPS) is 10.7. The van der Waals surface area contributed by atoms with E-state index in [1.54, 1.807) is 18.3 Å². The van der Waals surface area contributed by atoms with Crippen LogP contribution in [0.4, 0.5) is 0 Å². The van der Waals surface area contributed by atoms with Gasteiger partial charge in [-0.25, -0.2) is 4.79 Å². The van der Waals surface area contributed by atoms with Crippen LogP contribution in [0.25, 0.3) is 0 Å². The molecule has 2 aromatic rings. The zero-order valence-electron chi connectivity index (χ0n) is 11.3. The predicted octanol–water partition coefficient (Wildman–Crippen LogP) is 1.65. The number of aromatic nitrogens is 3. The minimum absolute atomic E-state index is 0.208. The molecule has 6 heteroatoms. The Hall–Kier alpha value is -2.21. The van der Waals surface area contributed by atoms with E-state index in [-0.39, 0.29) is 18.1 Å². The van der Waals surface area contributed by atoms with E-state index in [1.165, 1.54) is 6.20 Å². The Morgan fingerprint density at radius 1 is 1.40 bits per heavy atom. The Labute approximate surface area is 116 Å². The van der Waals surface area contributed by atoms with Gasteiger partial charge in [0.15, 0.2) is 0 Å².